The smallest absolute Gasteiger partial charge is 0.306 e. The van der Waals surface area contributed by atoms with Crippen molar-refractivity contribution < 1.29 is 19.0 Å². The molecule has 1 aliphatic rings. The van der Waals surface area contributed by atoms with Gasteiger partial charge in [0.15, 0.2) is 17.3 Å². The molecule has 11 heteroatoms. The molecule has 2 aromatic carbocycles. The highest BCUT2D eigenvalue weighted by molar-refractivity contribution is 7.80. The predicted molar refractivity (Wildman–Crippen MR) is 140 cm³/mol. The Labute approximate surface area is 220 Å². The molecule has 2 unspecified atom stereocenters. The lowest BCUT2D eigenvalue weighted by molar-refractivity contribution is -0.143. The number of hydrogen-bond donors (Lipinski definition) is 1. The monoisotopic (exact) mass is 529 g/mol. The van der Waals surface area contributed by atoms with Gasteiger partial charge in [-0.1, -0.05) is 36.0 Å². The summed E-state index contributed by atoms with van der Waals surface area (Å²) in [4.78, 5) is 12.5. The quantitative estimate of drug-likeness (QED) is 0.318. The minimum absolute atomic E-state index is 0.0961. The number of nitrogens with one attached hydrogen (secondary N) is 1. The molecule has 0 amide bonds. The van der Waals surface area contributed by atoms with E-state index in [9.17, 15) is 4.79 Å². The first kappa shape index (κ1) is 25.8. The van der Waals surface area contributed by atoms with Crippen molar-refractivity contribution in [3.8, 4) is 11.5 Å². The molecule has 0 spiro atoms. The molecule has 1 aromatic heterocycles. The van der Waals surface area contributed by atoms with Crippen LogP contribution >= 0.6 is 23.8 Å². The van der Waals surface area contributed by atoms with E-state index in [1.54, 1.807) is 25.8 Å². The highest BCUT2D eigenvalue weighted by Gasteiger charge is 2.32. The molecule has 0 bridgehead atoms. The zero-order chi connectivity index (χ0) is 25.7. The summed E-state index contributed by atoms with van der Waals surface area (Å²) in [6.45, 7) is 2.56. The van der Waals surface area contributed by atoms with Crippen LogP contribution in [0.25, 0.3) is 0 Å². The molecule has 190 valence electrons. The van der Waals surface area contributed by atoms with Gasteiger partial charge in [0.25, 0.3) is 0 Å². The number of tetrazole rings is 1. The van der Waals surface area contributed by atoms with Crippen molar-refractivity contribution in [3.63, 3.8) is 0 Å². The van der Waals surface area contributed by atoms with E-state index in [-0.39, 0.29) is 24.2 Å². The molecule has 1 N–H and O–H groups in total. The SMILES string of the molecule is CCOC(=O)CCc1nnnn1CC1CC(c2cccc(OC)c2OC)c2cc(Cl)ccc2NC1=S. The molecule has 2 heterocycles. The number of aryl methyl sites for hydroxylation is 1. The Bertz CT molecular complexity index is 1250. The molecule has 9 nitrogen and oxygen atoms in total. The average Bonchev–Trinajstić information content (AvgIpc) is 3.27. The maximum atomic E-state index is 11.8. The third-order valence-electron chi connectivity index (χ3n) is 6.20. The number of esters is 1. The van der Waals surface area contributed by atoms with E-state index in [1.807, 2.05) is 36.4 Å². The Hall–Kier alpha value is -3.24. The van der Waals surface area contributed by atoms with Crippen LogP contribution in [-0.2, 0) is 22.5 Å². The molecule has 0 aliphatic carbocycles. The highest BCUT2D eigenvalue weighted by Crippen LogP contribution is 2.45. The number of aromatic nitrogens is 4. The molecule has 1 aliphatic heterocycles. The largest absolute Gasteiger partial charge is 0.493 e. The number of anilines is 1. The minimum atomic E-state index is -0.281. The fraction of sp³-hybridized carbons (Fsp3) is 0.400. The van der Waals surface area contributed by atoms with Crippen LogP contribution < -0.4 is 14.8 Å². The number of carbonyl (C=O) groups is 1. The molecule has 0 fully saturated rings. The number of fused-ring (bicyclic) bond motifs is 1. The molecule has 36 heavy (non-hydrogen) atoms. The second-order valence-electron chi connectivity index (χ2n) is 8.37. The minimum Gasteiger partial charge on any atom is -0.493 e. The van der Waals surface area contributed by atoms with Gasteiger partial charge in [0.05, 0.1) is 38.8 Å². The Balaban J connectivity index is 1.68. The van der Waals surface area contributed by atoms with Crippen LogP contribution in [0.2, 0.25) is 5.02 Å². The average molecular weight is 530 g/mol. The number of thiocarbonyl (C=S) groups is 1. The topological polar surface area (TPSA) is 100 Å². The van der Waals surface area contributed by atoms with Gasteiger partial charge in [0.1, 0.15) is 0 Å². The van der Waals surface area contributed by atoms with Gasteiger partial charge < -0.3 is 19.5 Å². The first-order valence-corrected chi connectivity index (χ1v) is 12.5. The van der Waals surface area contributed by atoms with E-state index >= 15 is 0 Å². The number of benzene rings is 2. The predicted octanol–water partition coefficient (Wildman–Crippen LogP) is 4.43. The normalized spacial score (nSPS) is 17.1. The van der Waals surface area contributed by atoms with Crippen molar-refractivity contribution in [2.24, 2.45) is 5.92 Å². The lowest BCUT2D eigenvalue weighted by Gasteiger charge is -2.24. The molecule has 0 radical (unpaired) electrons. The molecule has 4 rings (SSSR count). The summed E-state index contributed by atoms with van der Waals surface area (Å²) in [5.74, 6) is 1.43. The number of hydrogen-bond acceptors (Lipinski definition) is 8. The summed E-state index contributed by atoms with van der Waals surface area (Å²) < 4.78 is 18.1. The number of rotatable bonds is 9. The lowest BCUT2D eigenvalue weighted by atomic mass is 9.83. The van der Waals surface area contributed by atoms with E-state index in [1.165, 1.54) is 0 Å². The second kappa shape index (κ2) is 11.7. The fourth-order valence-corrected chi connectivity index (χ4v) is 4.99. The zero-order valence-corrected chi connectivity index (χ0v) is 21.9. The fourth-order valence-electron chi connectivity index (χ4n) is 4.53. The molecular formula is C25H28ClN5O4S. The van der Waals surface area contributed by atoms with Crippen LogP contribution in [0, 0.1) is 5.92 Å². The van der Waals surface area contributed by atoms with Gasteiger partial charge in [-0.3, -0.25) is 4.79 Å². The maximum Gasteiger partial charge on any atom is 0.306 e. The third kappa shape index (κ3) is 5.60. The summed E-state index contributed by atoms with van der Waals surface area (Å²) >= 11 is 12.3. The summed E-state index contributed by atoms with van der Waals surface area (Å²) in [6.07, 6.45) is 1.23. The molecule has 2 atom stereocenters. The lowest BCUT2D eigenvalue weighted by Crippen LogP contribution is -2.26. The van der Waals surface area contributed by atoms with Crippen LogP contribution in [0.1, 0.15) is 42.6 Å². The van der Waals surface area contributed by atoms with E-state index in [0.29, 0.717) is 53.3 Å². The number of carbonyl (C=O) groups excluding carboxylic acids is 1. The van der Waals surface area contributed by atoms with Crippen molar-refractivity contribution in [2.45, 2.75) is 38.6 Å². The highest BCUT2D eigenvalue weighted by atomic mass is 35.5. The number of methoxy groups -OCH3 is 2. The van der Waals surface area contributed by atoms with Crippen molar-refractivity contribution >= 4 is 40.5 Å². The number of halogens is 1. The summed E-state index contributed by atoms with van der Waals surface area (Å²) in [5.41, 5.74) is 2.87. The zero-order valence-electron chi connectivity index (χ0n) is 20.4. The van der Waals surface area contributed by atoms with Crippen LogP contribution in [0.3, 0.4) is 0 Å². The van der Waals surface area contributed by atoms with E-state index in [0.717, 1.165) is 16.8 Å². The van der Waals surface area contributed by atoms with Gasteiger partial charge >= 0.3 is 5.97 Å². The van der Waals surface area contributed by atoms with E-state index in [2.05, 4.69) is 20.8 Å². The Kier molecular flexibility index (Phi) is 8.37. The van der Waals surface area contributed by atoms with Crippen LogP contribution in [0.4, 0.5) is 5.69 Å². The third-order valence-corrected chi connectivity index (χ3v) is 6.87. The van der Waals surface area contributed by atoms with Crippen molar-refractivity contribution in [1.82, 2.24) is 20.2 Å². The van der Waals surface area contributed by atoms with Gasteiger partial charge in [-0.05, 0) is 53.6 Å². The maximum absolute atomic E-state index is 11.8. The molecular weight excluding hydrogens is 502 g/mol. The Morgan fingerprint density at radius 2 is 2.06 bits per heavy atom. The van der Waals surface area contributed by atoms with Crippen molar-refractivity contribution in [3.05, 3.63) is 58.4 Å². The Morgan fingerprint density at radius 1 is 1.22 bits per heavy atom. The Morgan fingerprint density at radius 3 is 2.81 bits per heavy atom. The van der Waals surface area contributed by atoms with Crippen molar-refractivity contribution in [2.75, 3.05) is 26.1 Å². The standard InChI is InChI=1S/C25H28ClN5O4S/c1-4-35-23(32)11-10-22-28-29-30-31(22)14-15-12-18(17-6-5-7-21(33-2)24(17)34-3)19-13-16(26)8-9-20(19)27-25(15)36/h5-9,13,15,18H,4,10-12,14H2,1-3H3,(H,27,36). The van der Waals surface area contributed by atoms with E-state index < -0.39 is 0 Å². The summed E-state index contributed by atoms with van der Waals surface area (Å²) in [6, 6.07) is 11.6. The first-order valence-electron chi connectivity index (χ1n) is 11.7. The number of ether oxygens (including phenoxy) is 3. The van der Waals surface area contributed by atoms with E-state index in [4.69, 9.17) is 38.0 Å². The van der Waals surface area contributed by atoms with Crippen LogP contribution in [-0.4, -0.2) is 52.0 Å². The van der Waals surface area contributed by atoms with Gasteiger partial charge in [0.2, 0.25) is 0 Å². The molecule has 3 aromatic rings. The summed E-state index contributed by atoms with van der Waals surface area (Å²) in [5, 5.41) is 16.2. The first-order chi connectivity index (χ1) is 17.4. The molecule has 0 saturated heterocycles. The molecule has 0 saturated carbocycles. The van der Waals surface area contributed by atoms with Crippen LogP contribution in [0.5, 0.6) is 11.5 Å². The van der Waals surface area contributed by atoms with Crippen LogP contribution in [0.15, 0.2) is 36.4 Å². The second-order valence-corrected chi connectivity index (χ2v) is 9.25. The van der Waals surface area contributed by atoms with Gasteiger partial charge in [-0.25, -0.2) is 4.68 Å². The number of nitrogens with zero attached hydrogens (tertiary/aromatic N) is 4. The summed E-state index contributed by atoms with van der Waals surface area (Å²) in [7, 11) is 3.25. The van der Waals surface area contributed by atoms with Gasteiger partial charge in [-0.2, -0.15) is 0 Å². The van der Waals surface area contributed by atoms with Crippen molar-refractivity contribution in [1.29, 1.82) is 0 Å². The van der Waals surface area contributed by atoms with Gasteiger partial charge in [0, 0.05) is 34.5 Å². The number of para-hydroxylation sites is 1. The van der Waals surface area contributed by atoms with Gasteiger partial charge in [-0.15, -0.1) is 5.10 Å².